The number of fused-ring (bicyclic) bond motifs is 1. The number of aliphatic hydroxyl groups excluding tert-OH is 1. The SMILES string of the molecule is C=C1C(=O)C[C@H](O)CC1=C/C=C1\CCC[C@]2(C)[C@@H]([C@H](C)CCCC(C)C)CC[C@@H]12. The van der Waals surface area contributed by atoms with E-state index in [-0.39, 0.29) is 12.2 Å². The van der Waals surface area contributed by atoms with E-state index in [4.69, 9.17) is 0 Å². The minimum atomic E-state index is -0.545. The first-order chi connectivity index (χ1) is 13.7. The first-order valence-electron chi connectivity index (χ1n) is 12.0. The van der Waals surface area contributed by atoms with Crippen LogP contribution in [0.1, 0.15) is 91.9 Å². The van der Waals surface area contributed by atoms with Crippen LogP contribution in [0, 0.1) is 29.1 Å². The maximum atomic E-state index is 12.0. The number of hydrogen-bond donors (Lipinski definition) is 1. The normalized spacial score (nSPS) is 36.8. The van der Waals surface area contributed by atoms with E-state index >= 15 is 0 Å². The molecule has 2 heteroatoms. The Kier molecular flexibility index (Phi) is 7.25. The molecule has 0 unspecified atom stereocenters. The number of hydrogen-bond acceptors (Lipinski definition) is 2. The summed E-state index contributed by atoms with van der Waals surface area (Å²) in [6.07, 6.45) is 15.2. The van der Waals surface area contributed by atoms with Gasteiger partial charge in [-0.3, -0.25) is 4.79 Å². The molecule has 5 atom stereocenters. The van der Waals surface area contributed by atoms with Gasteiger partial charge in [0.2, 0.25) is 0 Å². The molecule has 3 fully saturated rings. The molecule has 0 aromatic carbocycles. The Morgan fingerprint density at radius 3 is 2.66 bits per heavy atom. The zero-order valence-electron chi connectivity index (χ0n) is 19.2. The van der Waals surface area contributed by atoms with E-state index in [0.717, 1.165) is 23.3 Å². The quantitative estimate of drug-likeness (QED) is 0.500. The number of Topliss-reactive ketones (excluding diaryl/α,β-unsaturated/α-hetero) is 1. The van der Waals surface area contributed by atoms with Crippen LogP contribution in [-0.2, 0) is 4.79 Å². The van der Waals surface area contributed by atoms with Gasteiger partial charge in [0, 0.05) is 12.0 Å². The number of aliphatic hydroxyl groups is 1. The average molecular weight is 399 g/mol. The second kappa shape index (κ2) is 9.33. The highest BCUT2D eigenvalue weighted by Crippen LogP contribution is 2.59. The molecule has 2 nitrogen and oxygen atoms in total. The van der Waals surface area contributed by atoms with Crippen molar-refractivity contribution in [3.8, 4) is 0 Å². The monoisotopic (exact) mass is 398 g/mol. The maximum absolute atomic E-state index is 12.0. The Bertz CT molecular complexity index is 683. The van der Waals surface area contributed by atoms with Crippen LogP contribution >= 0.6 is 0 Å². The number of carbonyl (C=O) groups excluding carboxylic acids is 1. The van der Waals surface area contributed by atoms with E-state index in [1.807, 2.05) is 0 Å². The molecule has 3 rings (SSSR count). The summed E-state index contributed by atoms with van der Waals surface area (Å²) in [6.45, 7) is 13.7. The minimum absolute atomic E-state index is 0.00182. The molecular formula is C27H42O2. The van der Waals surface area contributed by atoms with Crippen LogP contribution in [0.3, 0.4) is 0 Å². The predicted molar refractivity (Wildman–Crippen MR) is 122 cm³/mol. The molecular weight excluding hydrogens is 356 g/mol. The van der Waals surface area contributed by atoms with Gasteiger partial charge in [0.15, 0.2) is 5.78 Å². The van der Waals surface area contributed by atoms with Crippen molar-refractivity contribution in [3.63, 3.8) is 0 Å². The van der Waals surface area contributed by atoms with Crippen molar-refractivity contribution in [2.24, 2.45) is 29.1 Å². The summed E-state index contributed by atoms with van der Waals surface area (Å²) < 4.78 is 0. The summed E-state index contributed by atoms with van der Waals surface area (Å²) >= 11 is 0. The molecule has 0 radical (unpaired) electrons. The fraction of sp³-hybridized carbons (Fsp3) is 0.741. The van der Waals surface area contributed by atoms with Crippen molar-refractivity contribution >= 4 is 5.78 Å². The van der Waals surface area contributed by atoms with Crippen LogP contribution in [-0.4, -0.2) is 17.0 Å². The predicted octanol–water partition coefficient (Wildman–Crippen LogP) is 6.80. The second-order valence-electron chi connectivity index (χ2n) is 10.8. The molecule has 0 bridgehead atoms. The second-order valence-corrected chi connectivity index (χ2v) is 10.8. The molecule has 0 spiro atoms. The van der Waals surface area contributed by atoms with Crippen molar-refractivity contribution in [2.45, 2.75) is 98.0 Å². The van der Waals surface area contributed by atoms with Gasteiger partial charge in [-0.05, 0) is 73.2 Å². The number of rotatable bonds is 6. The zero-order chi connectivity index (χ0) is 21.2. The third kappa shape index (κ3) is 4.95. The minimum Gasteiger partial charge on any atom is -0.392 e. The fourth-order valence-corrected chi connectivity index (χ4v) is 6.61. The highest BCUT2D eigenvalue weighted by atomic mass is 16.3. The van der Waals surface area contributed by atoms with E-state index in [0.29, 0.717) is 23.3 Å². The molecule has 3 saturated carbocycles. The fourth-order valence-electron chi connectivity index (χ4n) is 6.61. The molecule has 0 aromatic rings. The topological polar surface area (TPSA) is 37.3 Å². The van der Waals surface area contributed by atoms with Gasteiger partial charge in [-0.25, -0.2) is 0 Å². The Hall–Kier alpha value is -1.15. The van der Waals surface area contributed by atoms with Gasteiger partial charge in [0.05, 0.1) is 6.10 Å². The molecule has 3 aliphatic rings. The highest BCUT2D eigenvalue weighted by molar-refractivity contribution is 6.00. The molecule has 0 amide bonds. The molecule has 0 aromatic heterocycles. The van der Waals surface area contributed by atoms with Gasteiger partial charge < -0.3 is 5.11 Å². The Morgan fingerprint density at radius 2 is 1.93 bits per heavy atom. The average Bonchev–Trinajstić information content (AvgIpc) is 3.00. The summed E-state index contributed by atoms with van der Waals surface area (Å²) in [5.74, 6) is 3.14. The largest absolute Gasteiger partial charge is 0.392 e. The Labute approximate surface area is 178 Å². The van der Waals surface area contributed by atoms with Crippen molar-refractivity contribution in [2.75, 3.05) is 0 Å². The summed E-state index contributed by atoms with van der Waals surface area (Å²) in [6, 6.07) is 0. The molecule has 0 aliphatic heterocycles. The van der Waals surface area contributed by atoms with Crippen molar-refractivity contribution in [1.29, 1.82) is 0 Å². The molecule has 0 saturated heterocycles. The molecule has 1 N–H and O–H groups in total. The van der Waals surface area contributed by atoms with Gasteiger partial charge in [-0.1, -0.05) is 71.3 Å². The number of ketones is 1. The smallest absolute Gasteiger partial charge is 0.165 e. The van der Waals surface area contributed by atoms with Gasteiger partial charge in [-0.15, -0.1) is 0 Å². The summed E-state index contributed by atoms with van der Waals surface area (Å²) in [4.78, 5) is 12.0. The first-order valence-corrected chi connectivity index (χ1v) is 12.0. The lowest BCUT2D eigenvalue weighted by atomic mass is 9.60. The molecule has 0 heterocycles. The zero-order valence-corrected chi connectivity index (χ0v) is 19.2. The molecule has 162 valence electrons. The van der Waals surface area contributed by atoms with Crippen LogP contribution in [0.15, 0.2) is 35.5 Å². The van der Waals surface area contributed by atoms with E-state index in [1.165, 1.54) is 51.4 Å². The van der Waals surface area contributed by atoms with E-state index in [2.05, 4.69) is 46.4 Å². The van der Waals surface area contributed by atoms with Gasteiger partial charge in [0.1, 0.15) is 0 Å². The van der Waals surface area contributed by atoms with E-state index in [9.17, 15) is 9.90 Å². The summed E-state index contributed by atoms with van der Waals surface area (Å²) in [7, 11) is 0. The Morgan fingerprint density at radius 1 is 1.17 bits per heavy atom. The first kappa shape index (κ1) is 22.5. The number of allylic oxidation sites excluding steroid dienone is 4. The molecule has 29 heavy (non-hydrogen) atoms. The van der Waals surface area contributed by atoms with Crippen molar-refractivity contribution in [1.82, 2.24) is 0 Å². The van der Waals surface area contributed by atoms with Crippen LogP contribution < -0.4 is 0 Å². The van der Waals surface area contributed by atoms with Crippen molar-refractivity contribution < 1.29 is 9.90 Å². The lowest BCUT2D eigenvalue weighted by Gasteiger charge is -2.44. The van der Waals surface area contributed by atoms with Crippen LogP contribution in [0.2, 0.25) is 0 Å². The summed E-state index contributed by atoms with van der Waals surface area (Å²) in [5, 5.41) is 9.97. The lowest BCUT2D eigenvalue weighted by molar-refractivity contribution is -0.117. The Balaban J connectivity index is 1.72. The van der Waals surface area contributed by atoms with E-state index < -0.39 is 6.10 Å². The summed E-state index contributed by atoms with van der Waals surface area (Å²) in [5.41, 5.74) is 3.54. The number of carbonyl (C=O) groups is 1. The van der Waals surface area contributed by atoms with Crippen LogP contribution in [0.4, 0.5) is 0 Å². The highest BCUT2D eigenvalue weighted by Gasteiger charge is 2.50. The van der Waals surface area contributed by atoms with E-state index in [1.54, 1.807) is 5.57 Å². The van der Waals surface area contributed by atoms with Gasteiger partial charge in [0.25, 0.3) is 0 Å². The standard InChI is InChI=1S/C27H42O2/c1-18(2)8-6-9-19(3)24-13-14-25-21(10-7-15-27(24,25)5)11-12-22-16-23(28)17-26(29)20(22)4/h11-12,18-19,23-25,28H,4,6-10,13-17H2,1-3,5H3/b21-11+,22-12?/t19-,23-,24-,25+,27-/m1/s1. The van der Waals surface area contributed by atoms with Gasteiger partial charge >= 0.3 is 0 Å². The lowest BCUT2D eigenvalue weighted by Crippen LogP contribution is -2.36. The third-order valence-corrected chi connectivity index (χ3v) is 8.27. The third-order valence-electron chi connectivity index (χ3n) is 8.27. The van der Waals surface area contributed by atoms with Crippen LogP contribution in [0.5, 0.6) is 0 Å². The van der Waals surface area contributed by atoms with Crippen LogP contribution in [0.25, 0.3) is 0 Å². The van der Waals surface area contributed by atoms with Crippen molar-refractivity contribution in [3.05, 3.63) is 35.5 Å². The molecule has 3 aliphatic carbocycles. The maximum Gasteiger partial charge on any atom is 0.165 e. The van der Waals surface area contributed by atoms with Gasteiger partial charge in [-0.2, -0.15) is 0 Å².